The molecule has 0 heterocycles. The van der Waals surface area contributed by atoms with Gasteiger partial charge in [0.25, 0.3) is 0 Å². The Hall–Kier alpha value is -1.51. The molecule has 0 saturated carbocycles. The highest BCUT2D eigenvalue weighted by atomic mass is 16.4. The van der Waals surface area contributed by atoms with Gasteiger partial charge in [-0.1, -0.05) is 18.2 Å². The molecule has 106 valence electrons. The van der Waals surface area contributed by atoms with Crippen molar-refractivity contribution in [3.63, 3.8) is 0 Å². The van der Waals surface area contributed by atoms with E-state index in [9.17, 15) is 15.3 Å². The summed E-state index contributed by atoms with van der Waals surface area (Å²) in [6.45, 7) is -0.718. The Labute approximate surface area is 110 Å². The molecule has 7 nitrogen and oxygen atoms in total. The summed E-state index contributed by atoms with van der Waals surface area (Å²) in [4.78, 5) is 0. The number of hydrazone groups is 1. The fourth-order valence-electron chi connectivity index (χ4n) is 1.33. The Morgan fingerprint density at radius 1 is 1.05 bits per heavy atom. The second-order valence-electron chi connectivity index (χ2n) is 3.98. The van der Waals surface area contributed by atoms with Crippen molar-refractivity contribution in [1.29, 1.82) is 0 Å². The molecule has 0 unspecified atom stereocenters. The number of nitrogens with one attached hydrogen (secondary N) is 1. The third-order valence-corrected chi connectivity index (χ3v) is 2.48. The van der Waals surface area contributed by atoms with Crippen LogP contribution in [-0.2, 0) is 0 Å². The van der Waals surface area contributed by atoms with Crippen molar-refractivity contribution < 1.29 is 25.5 Å². The Bertz CT molecular complexity index is 387. The molecule has 0 spiro atoms. The van der Waals surface area contributed by atoms with E-state index in [1.54, 1.807) is 24.3 Å². The minimum Gasteiger partial charge on any atom is -0.394 e. The van der Waals surface area contributed by atoms with Gasteiger partial charge in [-0.3, -0.25) is 5.43 Å². The minimum absolute atomic E-state index is 0.691. The van der Waals surface area contributed by atoms with Crippen LogP contribution >= 0.6 is 0 Å². The van der Waals surface area contributed by atoms with Crippen LogP contribution in [0.2, 0.25) is 0 Å². The molecule has 1 aromatic carbocycles. The van der Waals surface area contributed by atoms with Crippen LogP contribution in [0.3, 0.4) is 0 Å². The largest absolute Gasteiger partial charge is 0.394 e. The van der Waals surface area contributed by atoms with Gasteiger partial charge < -0.3 is 25.5 Å². The Morgan fingerprint density at radius 3 is 2.26 bits per heavy atom. The van der Waals surface area contributed by atoms with E-state index in [1.807, 2.05) is 6.07 Å². The molecule has 0 fully saturated rings. The zero-order valence-electron chi connectivity index (χ0n) is 10.2. The smallest absolute Gasteiger partial charge is 0.119 e. The molecule has 7 heteroatoms. The molecule has 4 atom stereocenters. The first-order chi connectivity index (χ1) is 9.06. The van der Waals surface area contributed by atoms with Crippen LogP contribution in [0.25, 0.3) is 0 Å². The third kappa shape index (κ3) is 4.93. The summed E-state index contributed by atoms with van der Waals surface area (Å²) in [7, 11) is 0. The van der Waals surface area contributed by atoms with Crippen LogP contribution in [0.5, 0.6) is 0 Å². The molecule has 6 N–H and O–H groups in total. The summed E-state index contributed by atoms with van der Waals surface area (Å²) in [5, 5.41) is 49.8. The Kier molecular flexibility index (Phi) is 6.40. The predicted molar refractivity (Wildman–Crippen MR) is 69.7 cm³/mol. The van der Waals surface area contributed by atoms with Crippen molar-refractivity contribution in [2.75, 3.05) is 12.0 Å². The summed E-state index contributed by atoms with van der Waals surface area (Å²) < 4.78 is 0. The monoisotopic (exact) mass is 270 g/mol. The molecule has 0 radical (unpaired) electrons. The summed E-state index contributed by atoms with van der Waals surface area (Å²) in [6, 6.07) is 8.93. The summed E-state index contributed by atoms with van der Waals surface area (Å²) in [5.41, 5.74) is 3.31. The van der Waals surface area contributed by atoms with Gasteiger partial charge in [0, 0.05) is 0 Å². The maximum atomic E-state index is 9.52. The van der Waals surface area contributed by atoms with Crippen LogP contribution in [-0.4, -0.2) is 62.8 Å². The van der Waals surface area contributed by atoms with Crippen molar-refractivity contribution in [2.24, 2.45) is 5.10 Å². The minimum atomic E-state index is -1.66. The molecule has 0 aliphatic carbocycles. The number of anilines is 1. The van der Waals surface area contributed by atoms with Crippen LogP contribution in [0.15, 0.2) is 35.4 Å². The van der Waals surface area contributed by atoms with Gasteiger partial charge in [-0.2, -0.15) is 5.10 Å². The highest BCUT2D eigenvalue weighted by Gasteiger charge is 2.29. The molecule has 0 saturated heterocycles. The lowest BCUT2D eigenvalue weighted by Gasteiger charge is -2.23. The van der Waals surface area contributed by atoms with Gasteiger partial charge in [-0.15, -0.1) is 0 Å². The zero-order valence-corrected chi connectivity index (χ0v) is 10.2. The second-order valence-corrected chi connectivity index (χ2v) is 3.98. The number of hydrogen-bond donors (Lipinski definition) is 6. The van der Waals surface area contributed by atoms with E-state index in [2.05, 4.69) is 10.5 Å². The first-order valence-electron chi connectivity index (χ1n) is 5.73. The molecule has 0 aliphatic rings. The van der Waals surface area contributed by atoms with E-state index in [-0.39, 0.29) is 0 Å². The van der Waals surface area contributed by atoms with Gasteiger partial charge in [0.05, 0.1) is 18.5 Å². The molecular weight excluding hydrogens is 252 g/mol. The van der Waals surface area contributed by atoms with Gasteiger partial charge in [-0.25, -0.2) is 0 Å². The lowest BCUT2D eigenvalue weighted by atomic mass is 10.0. The predicted octanol–water partition coefficient (Wildman–Crippen LogP) is -1.48. The number of hydrogen-bond acceptors (Lipinski definition) is 7. The SMILES string of the molecule is OC[C@H](O)[C@H](O)[C@@H](O)[C@@H](O)C=NNc1ccccc1. The molecule has 0 aromatic heterocycles. The normalized spacial score (nSPS) is 17.9. The number of nitrogens with zero attached hydrogens (tertiary/aromatic N) is 1. The molecular formula is C12H18N2O5. The van der Waals surface area contributed by atoms with E-state index in [0.29, 0.717) is 5.69 Å². The van der Waals surface area contributed by atoms with Crippen molar-refractivity contribution in [2.45, 2.75) is 24.4 Å². The highest BCUT2D eigenvalue weighted by molar-refractivity contribution is 5.65. The summed E-state index contributed by atoms with van der Waals surface area (Å²) in [6.07, 6.45) is -5.33. The third-order valence-electron chi connectivity index (χ3n) is 2.48. The molecule has 1 rings (SSSR count). The van der Waals surface area contributed by atoms with Crippen molar-refractivity contribution >= 4 is 11.9 Å². The zero-order chi connectivity index (χ0) is 14.3. The van der Waals surface area contributed by atoms with Gasteiger partial charge in [0.15, 0.2) is 0 Å². The molecule has 0 amide bonds. The van der Waals surface area contributed by atoms with Crippen LogP contribution in [0.1, 0.15) is 0 Å². The van der Waals surface area contributed by atoms with E-state index < -0.39 is 31.0 Å². The lowest BCUT2D eigenvalue weighted by molar-refractivity contribution is -0.0999. The van der Waals surface area contributed by atoms with Crippen LogP contribution < -0.4 is 5.43 Å². The number of para-hydroxylation sites is 1. The Morgan fingerprint density at radius 2 is 1.68 bits per heavy atom. The first-order valence-corrected chi connectivity index (χ1v) is 5.73. The van der Waals surface area contributed by atoms with Gasteiger partial charge in [-0.05, 0) is 12.1 Å². The van der Waals surface area contributed by atoms with Gasteiger partial charge in [0.1, 0.15) is 24.4 Å². The van der Waals surface area contributed by atoms with Crippen LogP contribution in [0.4, 0.5) is 5.69 Å². The van der Waals surface area contributed by atoms with E-state index in [0.717, 1.165) is 6.21 Å². The number of aliphatic hydroxyl groups is 5. The van der Waals surface area contributed by atoms with E-state index >= 15 is 0 Å². The average molecular weight is 270 g/mol. The Balaban J connectivity index is 2.47. The summed E-state index contributed by atoms with van der Waals surface area (Å²) >= 11 is 0. The molecule has 19 heavy (non-hydrogen) atoms. The fraction of sp³-hybridized carbons (Fsp3) is 0.417. The summed E-state index contributed by atoms with van der Waals surface area (Å²) in [5.74, 6) is 0. The second kappa shape index (κ2) is 7.82. The van der Waals surface area contributed by atoms with E-state index in [4.69, 9.17) is 10.2 Å². The first kappa shape index (κ1) is 15.5. The highest BCUT2D eigenvalue weighted by Crippen LogP contribution is 2.06. The van der Waals surface area contributed by atoms with Gasteiger partial charge in [0.2, 0.25) is 0 Å². The fourth-order valence-corrected chi connectivity index (χ4v) is 1.33. The average Bonchev–Trinajstić information content (AvgIpc) is 2.45. The van der Waals surface area contributed by atoms with Crippen molar-refractivity contribution in [1.82, 2.24) is 0 Å². The van der Waals surface area contributed by atoms with Crippen molar-refractivity contribution in [3.05, 3.63) is 30.3 Å². The standard InChI is InChI=1S/C12H18N2O5/c15-7-10(17)12(19)11(18)9(16)6-13-14-8-4-2-1-3-5-8/h1-6,9-12,14-19H,7H2/t9-,10-,11-,12-/m0/s1. The molecule has 0 bridgehead atoms. The number of rotatable bonds is 7. The lowest BCUT2D eigenvalue weighted by Crippen LogP contribution is -2.46. The quantitative estimate of drug-likeness (QED) is 0.265. The topological polar surface area (TPSA) is 126 Å². The van der Waals surface area contributed by atoms with Gasteiger partial charge >= 0.3 is 0 Å². The maximum Gasteiger partial charge on any atom is 0.119 e. The molecule has 0 aliphatic heterocycles. The maximum absolute atomic E-state index is 9.52. The van der Waals surface area contributed by atoms with Crippen molar-refractivity contribution in [3.8, 4) is 0 Å². The number of benzene rings is 1. The number of aliphatic hydroxyl groups excluding tert-OH is 5. The molecule has 1 aromatic rings. The van der Waals surface area contributed by atoms with E-state index in [1.165, 1.54) is 0 Å². The van der Waals surface area contributed by atoms with Crippen LogP contribution in [0, 0.1) is 0 Å².